The van der Waals surface area contributed by atoms with Crippen LogP contribution in [0.4, 0.5) is 0 Å². The van der Waals surface area contributed by atoms with Crippen molar-refractivity contribution in [3.8, 4) is 0 Å². The zero-order valence-corrected chi connectivity index (χ0v) is 17.0. The zero-order valence-electron chi connectivity index (χ0n) is 17.0. The molecule has 0 spiro atoms. The molecule has 0 aromatic carbocycles. The second-order valence-corrected chi connectivity index (χ2v) is 7.14. The van der Waals surface area contributed by atoms with Gasteiger partial charge in [-0.1, -0.05) is 78.2 Å². The lowest BCUT2D eigenvalue weighted by Gasteiger charge is -2.41. The van der Waals surface area contributed by atoms with E-state index in [4.69, 9.17) is 4.74 Å². The van der Waals surface area contributed by atoms with Gasteiger partial charge in [0.25, 0.3) is 0 Å². The summed E-state index contributed by atoms with van der Waals surface area (Å²) in [6.07, 6.45) is 14.3. The van der Waals surface area contributed by atoms with Crippen molar-refractivity contribution in [2.45, 2.75) is 92.6 Å². The first-order valence-electron chi connectivity index (χ1n) is 10.4. The second kappa shape index (κ2) is 10.8. The van der Waals surface area contributed by atoms with Crippen LogP contribution in [0.2, 0.25) is 0 Å². The van der Waals surface area contributed by atoms with Gasteiger partial charge in [0.1, 0.15) is 6.10 Å². The van der Waals surface area contributed by atoms with Gasteiger partial charge in [-0.05, 0) is 50.0 Å². The van der Waals surface area contributed by atoms with Crippen LogP contribution in [0.15, 0.2) is 35.6 Å². The van der Waals surface area contributed by atoms with E-state index in [1.165, 1.54) is 44.1 Å². The second-order valence-electron chi connectivity index (χ2n) is 7.14. The number of rotatable bonds is 3. The minimum absolute atomic E-state index is 0.283. The Hall–Kier alpha value is -0.980. The predicted molar refractivity (Wildman–Crippen MR) is 107 cm³/mol. The van der Waals surface area contributed by atoms with Crippen LogP contribution in [0, 0.1) is 17.8 Å². The van der Waals surface area contributed by atoms with E-state index in [0.29, 0.717) is 5.92 Å². The average Bonchev–Trinajstić information content (AvgIpc) is 3.07. The molecule has 0 aromatic heterocycles. The standard InChI is InChI=1S/C19H28O.2C2H6/c1-13(2)20-19-17-9-5-7-15(17)10-11-18(19)16-8-4-6-14(3)12-16;2*1-2/h5,9,14,16,18-19H,1,4,6-8,10-12H2,2-3H3;2*1-2H3/t14-,16?,18-,19+;;/m1../s1. The van der Waals surface area contributed by atoms with Crippen LogP contribution in [-0.2, 0) is 4.74 Å². The van der Waals surface area contributed by atoms with Crippen molar-refractivity contribution in [3.05, 3.63) is 35.6 Å². The van der Waals surface area contributed by atoms with Crippen molar-refractivity contribution in [1.82, 2.24) is 0 Å². The van der Waals surface area contributed by atoms with E-state index in [2.05, 4.69) is 25.7 Å². The highest BCUT2D eigenvalue weighted by molar-refractivity contribution is 5.39. The number of hydrogen-bond acceptors (Lipinski definition) is 1. The first-order chi connectivity index (χ1) is 11.6. The van der Waals surface area contributed by atoms with Gasteiger partial charge in [-0.15, -0.1) is 0 Å². The molecule has 0 amide bonds. The molecule has 0 bridgehead atoms. The van der Waals surface area contributed by atoms with Gasteiger partial charge in [-0.2, -0.15) is 0 Å². The van der Waals surface area contributed by atoms with Crippen LogP contribution in [-0.4, -0.2) is 6.10 Å². The maximum atomic E-state index is 6.20. The van der Waals surface area contributed by atoms with E-state index < -0.39 is 0 Å². The van der Waals surface area contributed by atoms with Gasteiger partial charge in [0, 0.05) is 5.92 Å². The van der Waals surface area contributed by atoms with Crippen LogP contribution < -0.4 is 0 Å². The van der Waals surface area contributed by atoms with E-state index in [1.807, 2.05) is 34.6 Å². The fourth-order valence-corrected chi connectivity index (χ4v) is 4.55. The van der Waals surface area contributed by atoms with E-state index in [1.54, 1.807) is 5.57 Å². The van der Waals surface area contributed by atoms with E-state index in [9.17, 15) is 0 Å². The third-order valence-electron chi connectivity index (χ3n) is 5.46. The highest BCUT2D eigenvalue weighted by Gasteiger charge is 2.39. The molecule has 3 rings (SSSR count). The smallest absolute Gasteiger partial charge is 0.126 e. The molecule has 1 nitrogen and oxygen atoms in total. The minimum atomic E-state index is 0.283. The van der Waals surface area contributed by atoms with Gasteiger partial charge >= 0.3 is 0 Å². The van der Waals surface area contributed by atoms with Crippen molar-refractivity contribution in [2.75, 3.05) is 0 Å². The lowest BCUT2D eigenvalue weighted by molar-refractivity contribution is 0.0378. The van der Waals surface area contributed by atoms with E-state index >= 15 is 0 Å². The van der Waals surface area contributed by atoms with Crippen LogP contribution in [0.3, 0.4) is 0 Å². The molecule has 0 radical (unpaired) electrons. The molecule has 0 saturated heterocycles. The summed E-state index contributed by atoms with van der Waals surface area (Å²) in [5.41, 5.74) is 3.11. The summed E-state index contributed by atoms with van der Waals surface area (Å²) in [6, 6.07) is 0. The Bertz CT molecular complexity index is 443. The first kappa shape index (κ1) is 21.1. The largest absolute Gasteiger partial charge is 0.491 e. The monoisotopic (exact) mass is 332 g/mol. The Balaban J connectivity index is 0.000000671. The van der Waals surface area contributed by atoms with Crippen LogP contribution in [0.25, 0.3) is 0 Å². The maximum Gasteiger partial charge on any atom is 0.126 e. The molecular weight excluding hydrogens is 292 g/mol. The van der Waals surface area contributed by atoms with Gasteiger partial charge in [-0.25, -0.2) is 0 Å². The van der Waals surface area contributed by atoms with Crippen LogP contribution in [0.1, 0.15) is 86.5 Å². The SMILES string of the molecule is C=C(C)O[C@H]1C2=C(CC=C2)CC[C@@H]1C1CCC[C@@H](C)C1.CC.CC. The maximum absolute atomic E-state index is 6.20. The molecule has 1 heteroatoms. The molecule has 3 aliphatic rings. The fraction of sp³-hybridized carbons (Fsp3) is 0.739. The summed E-state index contributed by atoms with van der Waals surface area (Å²) < 4.78 is 6.20. The summed E-state index contributed by atoms with van der Waals surface area (Å²) in [5.74, 6) is 3.33. The van der Waals surface area contributed by atoms with Crippen molar-refractivity contribution in [1.29, 1.82) is 0 Å². The van der Waals surface area contributed by atoms with Gasteiger partial charge in [-0.3, -0.25) is 0 Å². The molecule has 24 heavy (non-hydrogen) atoms. The third-order valence-corrected chi connectivity index (χ3v) is 5.46. The molecule has 0 N–H and O–H groups in total. The molecule has 1 saturated carbocycles. The Morgan fingerprint density at radius 2 is 1.83 bits per heavy atom. The molecule has 0 aromatic rings. The molecule has 0 aliphatic heterocycles. The topological polar surface area (TPSA) is 9.23 Å². The minimum Gasteiger partial charge on any atom is -0.491 e. The highest BCUT2D eigenvalue weighted by Crippen LogP contribution is 2.45. The molecule has 0 heterocycles. The van der Waals surface area contributed by atoms with Gasteiger partial charge in [0.05, 0.1) is 5.76 Å². The van der Waals surface area contributed by atoms with Gasteiger partial charge < -0.3 is 4.74 Å². The third kappa shape index (κ3) is 5.26. The van der Waals surface area contributed by atoms with Crippen molar-refractivity contribution in [3.63, 3.8) is 0 Å². The van der Waals surface area contributed by atoms with Crippen LogP contribution in [0.5, 0.6) is 0 Å². The summed E-state index contributed by atoms with van der Waals surface area (Å²) in [6.45, 7) is 16.4. The Kier molecular flexibility index (Phi) is 9.48. The molecule has 3 aliphatic carbocycles. The summed E-state index contributed by atoms with van der Waals surface area (Å²) in [4.78, 5) is 0. The molecule has 138 valence electrons. The fourth-order valence-electron chi connectivity index (χ4n) is 4.55. The Labute approximate surface area is 151 Å². The normalized spacial score (nSPS) is 31.2. The average molecular weight is 333 g/mol. The van der Waals surface area contributed by atoms with Crippen molar-refractivity contribution >= 4 is 0 Å². The molecule has 4 atom stereocenters. The van der Waals surface area contributed by atoms with Crippen molar-refractivity contribution < 1.29 is 4.74 Å². The van der Waals surface area contributed by atoms with Crippen molar-refractivity contribution in [2.24, 2.45) is 17.8 Å². The molecule has 1 unspecified atom stereocenters. The number of ether oxygens (including phenoxy) is 1. The molecule has 1 fully saturated rings. The quantitative estimate of drug-likeness (QED) is 0.488. The first-order valence-corrected chi connectivity index (χ1v) is 10.4. The zero-order chi connectivity index (χ0) is 18.1. The number of hydrogen-bond donors (Lipinski definition) is 0. The van der Waals surface area contributed by atoms with E-state index in [0.717, 1.165) is 24.0 Å². The summed E-state index contributed by atoms with van der Waals surface area (Å²) in [7, 11) is 0. The van der Waals surface area contributed by atoms with Gasteiger partial charge in [0.2, 0.25) is 0 Å². The predicted octanol–water partition coefficient (Wildman–Crippen LogP) is 7.45. The summed E-state index contributed by atoms with van der Waals surface area (Å²) in [5, 5.41) is 0. The summed E-state index contributed by atoms with van der Waals surface area (Å²) >= 11 is 0. The number of allylic oxidation sites excluding steroid dienone is 3. The molecular formula is C23H40O. The Morgan fingerprint density at radius 3 is 2.46 bits per heavy atom. The van der Waals surface area contributed by atoms with Crippen LogP contribution >= 0.6 is 0 Å². The highest BCUT2D eigenvalue weighted by atomic mass is 16.5. The van der Waals surface area contributed by atoms with Gasteiger partial charge in [0.15, 0.2) is 0 Å². The Morgan fingerprint density at radius 1 is 1.12 bits per heavy atom. The lowest BCUT2D eigenvalue weighted by atomic mass is 9.68. The lowest BCUT2D eigenvalue weighted by Crippen LogP contribution is -2.36. The van der Waals surface area contributed by atoms with E-state index in [-0.39, 0.29) is 6.10 Å².